The summed E-state index contributed by atoms with van der Waals surface area (Å²) in [7, 11) is 0. The van der Waals surface area contributed by atoms with Crippen LogP contribution in [0, 0.1) is 11.3 Å². The second-order valence-electron chi connectivity index (χ2n) is 12.3. The molecule has 5 aliphatic rings. The van der Waals surface area contributed by atoms with Crippen molar-refractivity contribution in [2.45, 2.75) is 83.0 Å². The van der Waals surface area contributed by atoms with Crippen LogP contribution >= 0.6 is 0 Å². The van der Waals surface area contributed by atoms with Crippen molar-refractivity contribution < 1.29 is 4.74 Å². The van der Waals surface area contributed by atoms with Crippen molar-refractivity contribution in [3.63, 3.8) is 0 Å². The minimum absolute atomic E-state index is 0.721. The van der Waals surface area contributed by atoms with E-state index < -0.39 is 0 Å². The number of hydrogen-bond donors (Lipinski definition) is 0. The summed E-state index contributed by atoms with van der Waals surface area (Å²) in [5, 5.41) is 0. The van der Waals surface area contributed by atoms with Gasteiger partial charge in [0.15, 0.2) is 0 Å². The van der Waals surface area contributed by atoms with Gasteiger partial charge in [0.1, 0.15) is 0 Å². The first-order valence-electron chi connectivity index (χ1n) is 14.7. The van der Waals surface area contributed by atoms with Crippen LogP contribution < -0.4 is 9.80 Å². The van der Waals surface area contributed by atoms with Crippen molar-refractivity contribution in [2.75, 3.05) is 68.8 Å². The van der Waals surface area contributed by atoms with Crippen LogP contribution in [0.2, 0.25) is 0 Å². The lowest BCUT2D eigenvalue weighted by molar-refractivity contribution is 0.0517. The van der Waals surface area contributed by atoms with Crippen molar-refractivity contribution in [1.29, 1.82) is 0 Å². The molecule has 3 heterocycles. The lowest BCUT2D eigenvalue weighted by atomic mass is 9.68. The third kappa shape index (κ3) is 5.00. The molecule has 0 amide bonds. The number of benzene rings is 1. The van der Waals surface area contributed by atoms with Crippen LogP contribution in [0.25, 0.3) is 0 Å². The monoisotopic (exact) mass is 465 g/mol. The zero-order valence-electron chi connectivity index (χ0n) is 21.5. The molecule has 3 aliphatic heterocycles. The van der Waals surface area contributed by atoms with Gasteiger partial charge in [0.2, 0.25) is 0 Å². The number of ether oxygens (including phenoxy) is 1. The van der Waals surface area contributed by atoms with E-state index >= 15 is 0 Å². The zero-order valence-corrected chi connectivity index (χ0v) is 21.5. The summed E-state index contributed by atoms with van der Waals surface area (Å²) < 4.78 is 5.58. The molecule has 0 N–H and O–H groups in total. The molecule has 0 atom stereocenters. The maximum Gasteiger partial charge on any atom is 0.0469 e. The number of nitrogens with zero attached hydrogens (tertiary/aromatic N) is 3. The summed E-state index contributed by atoms with van der Waals surface area (Å²) in [5.74, 6) is 1.62. The lowest BCUT2D eigenvalue weighted by Gasteiger charge is -2.42. The maximum absolute atomic E-state index is 5.58. The van der Waals surface area contributed by atoms with Gasteiger partial charge in [0, 0.05) is 70.4 Å². The van der Waals surface area contributed by atoms with Crippen molar-refractivity contribution in [3.8, 4) is 0 Å². The minimum atomic E-state index is 0.721. The summed E-state index contributed by atoms with van der Waals surface area (Å²) in [6.45, 7) is 10.5. The zero-order chi connectivity index (χ0) is 22.8. The summed E-state index contributed by atoms with van der Waals surface area (Å²) in [6, 6.07) is 7.59. The fraction of sp³-hybridized carbons (Fsp3) is 0.800. The van der Waals surface area contributed by atoms with Crippen LogP contribution in [0.5, 0.6) is 0 Å². The molecule has 34 heavy (non-hydrogen) atoms. The van der Waals surface area contributed by atoms with Crippen LogP contribution in [-0.2, 0) is 4.74 Å². The molecule has 2 saturated carbocycles. The van der Waals surface area contributed by atoms with Crippen LogP contribution in [0.4, 0.5) is 11.4 Å². The van der Waals surface area contributed by atoms with Crippen molar-refractivity contribution >= 4 is 11.4 Å². The first kappa shape index (κ1) is 23.2. The van der Waals surface area contributed by atoms with Crippen molar-refractivity contribution in [3.05, 3.63) is 23.8 Å². The largest absolute Gasteiger partial charge is 0.381 e. The SMILES string of the molecule is c1cc(N2CCN(CC3CCOCC3)CC2)c(C2CCC3(CCCC3)CC2)cc1N1CCCC1. The molecule has 6 rings (SSSR count). The molecule has 0 aromatic heterocycles. The first-order valence-corrected chi connectivity index (χ1v) is 14.7. The highest BCUT2D eigenvalue weighted by atomic mass is 16.5. The number of hydrogen-bond acceptors (Lipinski definition) is 4. The summed E-state index contributed by atoms with van der Waals surface area (Å²) in [4.78, 5) is 8.11. The molecule has 1 aromatic carbocycles. The topological polar surface area (TPSA) is 19.0 Å². The minimum Gasteiger partial charge on any atom is -0.381 e. The Bertz CT molecular complexity index is 789. The Hall–Kier alpha value is -1.26. The smallest absolute Gasteiger partial charge is 0.0469 e. The predicted octanol–water partition coefficient (Wildman–Crippen LogP) is 6.05. The molecule has 0 unspecified atom stereocenters. The van der Waals surface area contributed by atoms with Crippen molar-refractivity contribution in [2.24, 2.45) is 11.3 Å². The molecule has 1 spiro atoms. The van der Waals surface area contributed by atoms with E-state index in [1.54, 1.807) is 11.3 Å². The molecule has 3 saturated heterocycles. The number of piperazine rings is 1. The Balaban J connectivity index is 1.16. The second kappa shape index (κ2) is 10.4. The Labute approximate surface area is 208 Å². The van der Waals surface area contributed by atoms with E-state index in [4.69, 9.17) is 4.74 Å². The summed E-state index contributed by atoms with van der Waals surface area (Å²) >= 11 is 0. The lowest BCUT2D eigenvalue weighted by Crippen LogP contribution is -2.48. The maximum atomic E-state index is 5.58. The predicted molar refractivity (Wildman–Crippen MR) is 142 cm³/mol. The van der Waals surface area contributed by atoms with Crippen LogP contribution in [0.3, 0.4) is 0 Å². The standard InChI is InChI=1S/C30H47N3O/c1-2-12-30(11-1)13-7-26(8-14-30)28-23-27(32-15-3-4-16-32)5-6-29(28)33-19-17-31(18-20-33)24-25-9-21-34-22-10-25/h5-6,23,25-26H,1-4,7-22,24H2. The number of anilines is 2. The molecule has 2 aliphatic carbocycles. The fourth-order valence-electron chi connectivity index (χ4n) is 7.96. The van der Waals surface area contributed by atoms with Gasteiger partial charge in [-0.15, -0.1) is 0 Å². The van der Waals surface area contributed by atoms with Gasteiger partial charge < -0.3 is 14.5 Å². The highest BCUT2D eigenvalue weighted by Crippen LogP contribution is 2.53. The highest BCUT2D eigenvalue weighted by Gasteiger charge is 2.38. The normalized spacial score (nSPS) is 27.2. The van der Waals surface area contributed by atoms with Crippen LogP contribution in [0.15, 0.2) is 18.2 Å². The van der Waals surface area contributed by atoms with E-state index in [-0.39, 0.29) is 0 Å². The molecule has 4 nitrogen and oxygen atoms in total. The van der Waals surface area contributed by atoms with Gasteiger partial charge in [-0.3, -0.25) is 4.90 Å². The van der Waals surface area contributed by atoms with Gasteiger partial charge in [0.25, 0.3) is 0 Å². The van der Waals surface area contributed by atoms with E-state index in [0.717, 1.165) is 30.5 Å². The average molecular weight is 466 g/mol. The van der Waals surface area contributed by atoms with E-state index in [2.05, 4.69) is 32.9 Å². The molecule has 1 aromatic rings. The Morgan fingerprint density at radius 1 is 0.735 bits per heavy atom. The molecular formula is C30H47N3O. The Morgan fingerprint density at radius 2 is 1.44 bits per heavy atom. The average Bonchev–Trinajstić information content (AvgIpc) is 3.59. The van der Waals surface area contributed by atoms with E-state index in [1.165, 1.54) is 129 Å². The van der Waals surface area contributed by atoms with E-state index in [0.29, 0.717) is 0 Å². The van der Waals surface area contributed by atoms with E-state index in [1.807, 2.05) is 0 Å². The summed E-state index contributed by atoms with van der Waals surface area (Å²) in [5.41, 5.74) is 5.48. The van der Waals surface area contributed by atoms with Gasteiger partial charge in [0.05, 0.1) is 0 Å². The Kier molecular flexibility index (Phi) is 7.07. The second-order valence-corrected chi connectivity index (χ2v) is 12.3. The molecular weight excluding hydrogens is 418 g/mol. The molecule has 0 bridgehead atoms. The van der Waals surface area contributed by atoms with Gasteiger partial charge in [-0.05, 0) is 105 Å². The van der Waals surface area contributed by atoms with Crippen molar-refractivity contribution in [1.82, 2.24) is 4.90 Å². The highest BCUT2D eigenvalue weighted by molar-refractivity contribution is 5.64. The fourth-order valence-corrected chi connectivity index (χ4v) is 7.96. The van der Waals surface area contributed by atoms with Gasteiger partial charge >= 0.3 is 0 Å². The third-order valence-electron chi connectivity index (χ3n) is 10.2. The number of rotatable bonds is 5. The third-order valence-corrected chi connectivity index (χ3v) is 10.2. The molecule has 0 radical (unpaired) electrons. The van der Waals surface area contributed by atoms with Crippen LogP contribution in [-0.4, -0.2) is 63.9 Å². The molecule has 5 fully saturated rings. The van der Waals surface area contributed by atoms with Crippen LogP contribution in [0.1, 0.15) is 88.5 Å². The van der Waals surface area contributed by atoms with Gasteiger partial charge in [-0.2, -0.15) is 0 Å². The van der Waals surface area contributed by atoms with Gasteiger partial charge in [-0.1, -0.05) is 12.8 Å². The Morgan fingerprint density at radius 3 is 2.15 bits per heavy atom. The molecule has 4 heteroatoms. The quantitative estimate of drug-likeness (QED) is 0.526. The molecule has 188 valence electrons. The van der Waals surface area contributed by atoms with Gasteiger partial charge in [-0.25, -0.2) is 0 Å². The van der Waals surface area contributed by atoms with E-state index in [9.17, 15) is 0 Å². The first-order chi connectivity index (χ1) is 16.8. The summed E-state index contributed by atoms with van der Waals surface area (Å²) in [6.07, 6.45) is 17.0.